The second kappa shape index (κ2) is 5.73. The Morgan fingerprint density at radius 1 is 1.41 bits per heavy atom. The van der Waals surface area contributed by atoms with E-state index in [4.69, 9.17) is 11.6 Å². The van der Waals surface area contributed by atoms with Gasteiger partial charge < -0.3 is 5.32 Å². The Morgan fingerprint density at radius 3 is 2.59 bits per heavy atom. The van der Waals surface area contributed by atoms with Crippen LogP contribution in [0.5, 0.6) is 0 Å². The molecule has 1 amide bonds. The summed E-state index contributed by atoms with van der Waals surface area (Å²) < 4.78 is 37.6. The van der Waals surface area contributed by atoms with Crippen molar-refractivity contribution in [2.45, 2.75) is 6.18 Å². The molecule has 0 aliphatic rings. The van der Waals surface area contributed by atoms with Gasteiger partial charge in [0.25, 0.3) is 5.91 Å². The number of nitrogens with one attached hydrogen (secondary N) is 1. The van der Waals surface area contributed by atoms with E-state index in [0.29, 0.717) is 0 Å². The van der Waals surface area contributed by atoms with Crippen LogP contribution in [-0.4, -0.2) is 18.3 Å². The maximum Gasteiger partial charge on any atom is 0.417 e. The first-order chi connectivity index (χ1) is 7.86. The lowest BCUT2D eigenvalue weighted by Gasteiger charge is -2.11. The number of hydrogen-bond acceptors (Lipinski definition) is 1. The average Bonchev–Trinajstić information content (AvgIpc) is 2.25. The van der Waals surface area contributed by atoms with Gasteiger partial charge in [0, 0.05) is 22.5 Å². The fourth-order valence-electron chi connectivity index (χ4n) is 1.15. The Morgan fingerprint density at radius 2 is 2.06 bits per heavy atom. The molecule has 94 valence electrons. The second-order valence-electron chi connectivity index (χ2n) is 3.14. The highest BCUT2D eigenvalue weighted by Crippen LogP contribution is 2.35. The summed E-state index contributed by atoms with van der Waals surface area (Å²) in [5, 5.41) is 2.39. The molecule has 2 nitrogen and oxygen atoms in total. The molecule has 0 saturated carbocycles. The van der Waals surface area contributed by atoms with E-state index in [0.717, 1.165) is 6.07 Å². The van der Waals surface area contributed by atoms with Gasteiger partial charge in [-0.1, -0.05) is 15.9 Å². The van der Waals surface area contributed by atoms with Crippen molar-refractivity contribution in [2.24, 2.45) is 0 Å². The number of benzene rings is 1. The van der Waals surface area contributed by atoms with Crippen LogP contribution in [0, 0.1) is 0 Å². The number of hydrogen-bond donors (Lipinski definition) is 1. The number of halogens is 5. The third-order valence-corrected chi connectivity index (χ3v) is 2.79. The van der Waals surface area contributed by atoms with Crippen LogP contribution in [0.4, 0.5) is 13.2 Å². The van der Waals surface area contributed by atoms with Crippen LogP contribution in [0.15, 0.2) is 22.7 Å². The lowest BCUT2D eigenvalue weighted by atomic mass is 10.1. The Bertz CT molecular complexity index is 423. The molecule has 0 spiro atoms. The third kappa shape index (κ3) is 3.89. The summed E-state index contributed by atoms with van der Waals surface area (Å²) in [6.07, 6.45) is -4.50. The Balaban J connectivity index is 3.00. The molecule has 0 aromatic heterocycles. The molecular weight excluding hydrogens is 322 g/mol. The molecule has 0 aliphatic heterocycles. The lowest BCUT2D eigenvalue weighted by molar-refractivity contribution is -0.138. The molecule has 0 unspecified atom stereocenters. The van der Waals surface area contributed by atoms with Gasteiger partial charge in [0.1, 0.15) is 0 Å². The molecule has 1 aromatic carbocycles. The largest absolute Gasteiger partial charge is 0.417 e. The number of carbonyl (C=O) groups is 1. The predicted molar refractivity (Wildman–Crippen MR) is 62.2 cm³/mol. The summed E-state index contributed by atoms with van der Waals surface area (Å²) in [7, 11) is 0. The van der Waals surface area contributed by atoms with Crippen molar-refractivity contribution in [1.82, 2.24) is 5.32 Å². The highest BCUT2D eigenvalue weighted by molar-refractivity contribution is 9.10. The molecule has 0 saturated heterocycles. The number of rotatable bonds is 3. The lowest BCUT2D eigenvalue weighted by Crippen LogP contribution is -2.25. The minimum Gasteiger partial charge on any atom is -0.351 e. The summed E-state index contributed by atoms with van der Waals surface area (Å²) in [5.41, 5.74) is -0.929. The zero-order valence-corrected chi connectivity index (χ0v) is 10.8. The summed E-state index contributed by atoms with van der Waals surface area (Å²) in [5.74, 6) is -0.377. The van der Waals surface area contributed by atoms with Gasteiger partial charge in [-0.05, 0) is 18.2 Å². The summed E-state index contributed by atoms with van der Waals surface area (Å²) in [6.45, 7) is 0.206. The molecule has 1 N–H and O–H groups in total. The van der Waals surface area contributed by atoms with Crippen LogP contribution in [0.2, 0.25) is 0 Å². The molecule has 1 rings (SSSR count). The molecule has 1 aromatic rings. The summed E-state index contributed by atoms with van der Waals surface area (Å²) in [6, 6.07) is 3.30. The molecule has 0 aliphatic carbocycles. The highest BCUT2D eigenvalue weighted by atomic mass is 79.9. The average molecular weight is 331 g/mol. The fourth-order valence-corrected chi connectivity index (χ4v) is 1.71. The zero-order chi connectivity index (χ0) is 13.1. The van der Waals surface area contributed by atoms with E-state index in [9.17, 15) is 18.0 Å². The van der Waals surface area contributed by atoms with E-state index in [1.54, 1.807) is 0 Å². The molecule has 0 radical (unpaired) electrons. The normalized spacial score (nSPS) is 11.4. The van der Waals surface area contributed by atoms with E-state index >= 15 is 0 Å². The van der Waals surface area contributed by atoms with Crippen LogP contribution >= 0.6 is 27.5 Å². The predicted octanol–water partition coefficient (Wildman–Crippen LogP) is 3.44. The summed E-state index contributed by atoms with van der Waals surface area (Å²) in [4.78, 5) is 11.4. The minimum absolute atomic E-state index is 0.0503. The van der Waals surface area contributed by atoms with Gasteiger partial charge in [0.05, 0.1) is 5.56 Å². The van der Waals surface area contributed by atoms with Crippen molar-refractivity contribution >= 4 is 33.4 Å². The monoisotopic (exact) mass is 329 g/mol. The van der Waals surface area contributed by atoms with Crippen molar-refractivity contribution in [2.75, 3.05) is 12.4 Å². The second-order valence-corrected chi connectivity index (χ2v) is 4.37. The van der Waals surface area contributed by atoms with Crippen LogP contribution in [0.3, 0.4) is 0 Å². The Labute approximate surface area is 109 Å². The number of amides is 1. The van der Waals surface area contributed by atoms with Crippen molar-refractivity contribution in [1.29, 1.82) is 0 Å². The molecule has 7 heteroatoms. The van der Waals surface area contributed by atoms with E-state index < -0.39 is 17.6 Å². The van der Waals surface area contributed by atoms with Gasteiger partial charge in [-0.2, -0.15) is 13.2 Å². The zero-order valence-electron chi connectivity index (χ0n) is 8.44. The summed E-state index contributed by atoms with van der Waals surface area (Å²) >= 11 is 8.16. The van der Waals surface area contributed by atoms with Crippen LogP contribution in [0.1, 0.15) is 15.9 Å². The van der Waals surface area contributed by atoms with Gasteiger partial charge in [-0.3, -0.25) is 4.79 Å². The number of carbonyl (C=O) groups excluding carboxylic acids is 1. The van der Waals surface area contributed by atoms with Crippen molar-refractivity contribution in [3.63, 3.8) is 0 Å². The Hall–Kier alpha value is -0.750. The first-order valence-corrected chi connectivity index (χ1v) is 5.90. The van der Waals surface area contributed by atoms with E-state index in [-0.39, 0.29) is 22.5 Å². The van der Waals surface area contributed by atoms with Gasteiger partial charge >= 0.3 is 6.18 Å². The van der Waals surface area contributed by atoms with Crippen molar-refractivity contribution in [3.05, 3.63) is 33.8 Å². The highest BCUT2D eigenvalue weighted by Gasteiger charge is 2.33. The first-order valence-electron chi connectivity index (χ1n) is 4.57. The SMILES string of the molecule is O=C(NCCCl)c1ccc(Br)c(C(F)(F)F)c1. The minimum atomic E-state index is -4.50. The van der Waals surface area contributed by atoms with Gasteiger partial charge in [-0.25, -0.2) is 0 Å². The van der Waals surface area contributed by atoms with E-state index in [1.165, 1.54) is 12.1 Å². The molecule has 0 bridgehead atoms. The maximum atomic E-state index is 12.6. The van der Waals surface area contributed by atoms with Crippen LogP contribution in [0.25, 0.3) is 0 Å². The topological polar surface area (TPSA) is 29.1 Å². The van der Waals surface area contributed by atoms with Crippen LogP contribution < -0.4 is 5.32 Å². The van der Waals surface area contributed by atoms with E-state index in [2.05, 4.69) is 21.2 Å². The van der Waals surface area contributed by atoms with Gasteiger partial charge in [-0.15, -0.1) is 11.6 Å². The van der Waals surface area contributed by atoms with Gasteiger partial charge in [0.2, 0.25) is 0 Å². The Kier molecular flexibility index (Phi) is 4.82. The maximum absolute atomic E-state index is 12.6. The number of alkyl halides is 4. The first kappa shape index (κ1) is 14.3. The molecular formula is C10H8BrClF3NO. The third-order valence-electron chi connectivity index (χ3n) is 1.91. The quantitative estimate of drug-likeness (QED) is 0.845. The van der Waals surface area contributed by atoms with Crippen molar-refractivity contribution in [3.8, 4) is 0 Å². The molecule has 0 heterocycles. The molecule has 0 fully saturated rings. The standard InChI is InChI=1S/C10H8BrClF3NO/c11-8-2-1-6(9(17)16-4-3-12)5-7(8)10(13,14)15/h1-2,5H,3-4H2,(H,16,17). The smallest absolute Gasteiger partial charge is 0.351 e. The van der Waals surface area contributed by atoms with Crippen molar-refractivity contribution < 1.29 is 18.0 Å². The van der Waals surface area contributed by atoms with E-state index in [1.807, 2.05) is 0 Å². The molecule has 17 heavy (non-hydrogen) atoms. The van der Waals surface area contributed by atoms with Crippen LogP contribution in [-0.2, 0) is 6.18 Å². The fraction of sp³-hybridized carbons (Fsp3) is 0.300. The van der Waals surface area contributed by atoms with Gasteiger partial charge in [0.15, 0.2) is 0 Å². The molecule has 0 atom stereocenters.